The molecule has 0 fully saturated rings. The number of hydrogen-bond donors (Lipinski definition) is 0. The van der Waals surface area contributed by atoms with E-state index in [0.717, 1.165) is 17.4 Å². The Morgan fingerprint density at radius 2 is 2.42 bits per heavy atom. The van der Waals surface area contributed by atoms with Gasteiger partial charge in [0.05, 0.1) is 5.69 Å². The van der Waals surface area contributed by atoms with E-state index in [1.54, 1.807) is 4.68 Å². The minimum absolute atomic E-state index is 0.607. The molecule has 0 bridgehead atoms. The molecule has 4 heteroatoms. The summed E-state index contributed by atoms with van der Waals surface area (Å²) >= 11 is 9.27. The molecule has 1 aromatic heterocycles. The third-order valence-corrected chi connectivity index (χ3v) is 3.15. The van der Waals surface area contributed by atoms with Gasteiger partial charge in [-0.15, -0.1) is 0 Å². The van der Waals surface area contributed by atoms with E-state index in [2.05, 4.69) is 28.0 Å². The van der Waals surface area contributed by atoms with Crippen LogP contribution in [0.5, 0.6) is 0 Å². The SMILES string of the molecule is CC(CBr)Cc1cc(Cl)n(C)n1. The second kappa shape index (κ2) is 4.28. The Kier molecular flexibility index (Phi) is 3.59. The molecule has 0 aromatic carbocycles. The fourth-order valence-electron chi connectivity index (χ4n) is 1.01. The van der Waals surface area contributed by atoms with Crippen molar-refractivity contribution in [2.24, 2.45) is 13.0 Å². The smallest absolute Gasteiger partial charge is 0.126 e. The fourth-order valence-corrected chi connectivity index (χ4v) is 1.40. The van der Waals surface area contributed by atoms with Crippen LogP contribution in [0.15, 0.2) is 6.07 Å². The van der Waals surface area contributed by atoms with Gasteiger partial charge >= 0.3 is 0 Å². The van der Waals surface area contributed by atoms with Gasteiger partial charge in [0, 0.05) is 12.4 Å². The molecule has 12 heavy (non-hydrogen) atoms. The van der Waals surface area contributed by atoms with Gasteiger partial charge in [0.1, 0.15) is 5.15 Å². The van der Waals surface area contributed by atoms with E-state index < -0.39 is 0 Å². The van der Waals surface area contributed by atoms with Gasteiger partial charge in [-0.05, 0) is 18.4 Å². The number of aromatic nitrogens is 2. The molecule has 68 valence electrons. The standard InChI is InChI=1S/C8H12BrClN2/c1-6(5-9)3-7-4-8(10)12(2)11-7/h4,6H,3,5H2,1-2H3. The van der Waals surface area contributed by atoms with E-state index in [1.165, 1.54) is 0 Å². The van der Waals surface area contributed by atoms with Crippen LogP contribution in [0.4, 0.5) is 0 Å². The number of alkyl halides is 1. The highest BCUT2D eigenvalue weighted by atomic mass is 79.9. The number of aryl methyl sites for hydroxylation is 1. The van der Waals surface area contributed by atoms with Crippen molar-refractivity contribution >= 4 is 27.5 Å². The molecule has 0 saturated heterocycles. The molecule has 1 heterocycles. The zero-order valence-corrected chi connectivity index (χ0v) is 9.56. The van der Waals surface area contributed by atoms with E-state index in [0.29, 0.717) is 11.1 Å². The lowest BCUT2D eigenvalue weighted by Gasteiger charge is -2.02. The second-order valence-electron chi connectivity index (χ2n) is 3.05. The summed E-state index contributed by atoms with van der Waals surface area (Å²) in [4.78, 5) is 0. The molecular weight excluding hydrogens is 239 g/mol. The van der Waals surface area contributed by atoms with Crippen molar-refractivity contribution in [1.82, 2.24) is 9.78 Å². The maximum absolute atomic E-state index is 5.84. The summed E-state index contributed by atoms with van der Waals surface area (Å²) in [6.07, 6.45) is 0.978. The Labute approximate surface area is 86.0 Å². The molecule has 0 N–H and O–H groups in total. The average Bonchev–Trinajstić information content (AvgIpc) is 2.31. The van der Waals surface area contributed by atoms with Crippen LogP contribution in [0, 0.1) is 5.92 Å². The molecule has 0 spiro atoms. The van der Waals surface area contributed by atoms with Crippen molar-refractivity contribution in [3.63, 3.8) is 0 Å². The Morgan fingerprint density at radius 1 is 1.75 bits per heavy atom. The highest BCUT2D eigenvalue weighted by Gasteiger charge is 2.06. The van der Waals surface area contributed by atoms with Crippen LogP contribution in [0.1, 0.15) is 12.6 Å². The Balaban J connectivity index is 2.64. The monoisotopic (exact) mass is 250 g/mol. The first kappa shape index (κ1) is 10.1. The lowest BCUT2D eigenvalue weighted by Crippen LogP contribution is -2.01. The van der Waals surface area contributed by atoms with Crippen molar-refractivity contribution in [2.75, 3.05) is 5.33 Å². The van der Waals surface area contributed by atoms with E-state index in [-0.39, 0.29) is 0 Å². The van der Waals surface area contributed by atoms with Crippen molar-refractivity contribution in [3.05, 3.63) is 16.9 Å². The van der Waals surface area contributed by atoms with E-state index in [9.17, 15) is 0 Å². The van der Waals surface area contributed by atoms with E-state index >= 15 is 0 Å². The van der Waals surface area contributed by atoms with Gasteiger partial charge in [-0.2, -0.15) is 5.10 Å². The van der Waals surface area contributed by atoms with Crippen LogP contribution in [0.25, 0.3) is 0 Å². The molecule has 0 aliphatic carbocycles. The third kappa shape index (κ3) is 2.49. The predicted octanol–water partition coefficient (Wildman–Crippen LogP) is 2.65. The summed E-state index contributed by atoms with van der Waals surface area (Å²) in [6.45, 7) is 2.18. The average molecular weight is 252 g/mol. The molecule has 1 aromatic rings. The summed E-state index contributed by atoms with van der Waals surface area (Å²) in [6, 6.07) is 1.92. The minimum atomic E-state index is 0.607. The van der Waals surface area contributed by atoms with Crippen LogP contribution in [0.3, 0.4) is 0 Å². The molecule has 1 unspecified atom stereocenters. The summed E-state index contributed by atoms with van der Waals surface area (Å²) in [5, 5.41) is 5.96. The van der Waals surface area contributed by atoms with Crippen LogP contribution < -0.4 is 0 Å². The third-order valence-electron chi connectivity index (χ3n) is 1.69. The molecule has 0 amide bonds. The van der Waals surface area contributed by atoms with Crippen molar-refractivity contribution in [2.45, 2.75) is 13.3 Å². The van der Waals surface area contributed by atoms with Gasteiger partial charge in [0.2, 0.25) is 0 Å². The van der Waals surface area contributed by atoms with Gasteiger partial charge in [-0.25, -0.2) is 0 Å². The first-order chi connectivity index (χ1) is 5.63. The normalized spacial score (nSPS) is 13.3. The number of nitrogens with zero attached hydrogens (tertiary/aromatic N) is 2. The van der Waals surface area contributed by atoms with Crippen molar-refractivity contribution < 1.29 is 0 Å². The van der Waals surface area contributed by atoms with E-state index in [1.807, 2.05) is 13.1 Å². The maximum Gasteiger partial charge on any atom is 0.126 e. The number of halogens is 2. The van der Waals surface area contributed by atoms with Gasteiger partial charge in [-0.1, -0.05) is 34.5 Å². The molecule has 2 nitrogen and oxygen atoms in total. The maximum atomic E-state index is 5.84. The molecule has 0 radical (unpaired) electrons. The second-order valence-corrected chi connectivity index (χ2v) is 4.08. The Morgan fingerprint density at radius 3 is 2.83 bits per heavy atom. The molecule has 0 saturated carbocycles. The fraction of sp³-hybridized carbons (Fsp3) is 0.625. The van der Waals surface area contributed by atoms with Crippen molar-refractivity contribution in [1.29, 1.82) is 0 Å². The van der Waals surface area contributed by atoms with Crippen LogP contribution >= 0.6 is 27.5 Å². The lowest BCUT2D eigenvalue weighted by molar-refractivity contribution is 0.633. The highest BCUT2D eigenvalue weighted by molar-refractivity contribution is 9.09. The molecule has 0 aliphatic heterocycles. The topological polar surface area (TPSA) is 17.8 Å². The molecule has 1 atom stereocenters. The Bertz CT molecular complexity index is 240. The zero-order valence-electron chi connectivity index (χ0n) is 7.22. The minimum Gasteiger partial charge on any atom is -0.257 e. The molecule has 1 rings (SSSR count). The Hall–Kier alpha value is -0.0200. The largest absolute Gasteiger partial charge is 0.257 e. The molecular formula is C8H12BrClN2. The summed E-state index contributed by atoms with van der Waals surface area (Å²) in [7, 11) is 1.85. The first-order valence-corrected chi connectivity index (χ1v) is 5.37. The first-order valence-electron chi connectivity index (χ1n) is 3.88. The van der Waals surface area contributed by atoms with Gasteiger partial charge in [0.15, 0.2) is 0 Å². The summed E-state index contributed by atoms with van der Waals surface area (Å²) < 4.78 is 1.69. The summed E-state index contributed by atoms with van der Waals surface area (Å²) in [5.41, 5.74) is 1.06. The predicted molar refractivity (Wildman–Crippen MR) is 54.9 cm³/mol. The van der Waals surface area contributed by atoms with Gasteiger partial charge < -0.3 is 0 Å². The van der Waals surface area contributed by atoms with Gasteiger partial charge in [-0.3, -0.25) is 4.68 Å². The molecule has 0 aliphatic rings. The number of rotatable bonds is 3. The van der Waals surface area contributed by atoms with E-state index in [4.69, 9.17) is 11.6 Å². The number of hydrogen-bond acceptors (Lipinski definition) is 1. The zero-order chi connectivity index (χ0) is 9.14. The van der Waals surface area contributed by atoms with Crippen LogP contribution in [0.2, 0.25) is 5.15 Å². The highest BCUT2D eigenvalue weighted by Crippen LogP contribution is 2.13. The van der Waals surface area contributed by atoms with Crippen LogP contribution in [-0.2, 0) is 13.5 Å². The van der Waals surface area contributed by atoms with Crippen molar-refractivity contribution in [3.8, 4) is 0 Å². The van der Waals surface area contributed by atoms with Gasteiger partial charge in [0.25, 0.3) is 0 Å². The summed E-state index contributed by atoms with van der Waals surface area (Å²) in [5.74, 6) is 0.607. The quantitative estimate of drug-likeness (QED) is 0.755. The lowest BCUT2D eigenvalue weighted by atomic mass is 10.1. The van der Waals surface area contributed by atoms with Crippen LogP contribution in [-0.4, -0.2) is 15.1 Å².